The number of rotatable bonds is 5. The molecule has 3 rings (SSSR count). The van der Waals surface area contributed by atoms with Crippen LogP contribution in [0.4, 0.5) is 0 Å². The predicted molar refractivity (Wildman–Crippen MR) is 70.8 cm³/mol. The Morgan fingerprint density at radius 3 is 2.50 bits per heavy atom. The van der Waals surface area contributed by atoms with Gasteiger partial charge in [0.25, 0.3) is 0 Å². The molecule has 0 aromatic heterocycles. The minimum Gasteiger partial charge on any atom is -0.378 e. The highest BCUT2D eigenvalue weighted by atomic mass is 16.5. The average molecular weight is 254 g/mol. The molecule has 2 bridgehead atoms. The minimum absolute atomic E-state index is 0.507. The summed E-state index contributed by atoms with van der Waals surface area (Å²) in [6.07, 6.45) is 7.63. The molecule has 0 aromatic carbocycles. The zero-order valence-corrected chi connectivity index (χ0v) is 11.3. The Balaban J connectivity index is 1.28. The highest BCUT2D eigenvalue weighted by molar-refractivity contribution is 4.84. The molecule has 0 aromatic rings. The third-order valence-corrected chi connectivity index (χ3v) is 4.38. The molecular weight excluding hydrogens is 228 g/mol. The molecule has 1 N–H and O–H groups in total. The molecule has 0 aliphatic carbocycles. The Labute approximate surface area is 110 Å². The van der Waals surface area contributed by atoms with Crippen LogP contribution >= 0.6 is 0 Å². The van der Waals surface area contributed by atoms with Crippen molar-refractivity contribution in [1.29, 1.82) is 0 Å². The average Bonchev–Trinajstić information content (AvgIpc) is 2.75. The van der Waals surface area contributed by atoms with Crippen molar-refractivity contribution >= 4 is 0 Å². The summed E-state index contributed by atoms with van der Waals surface area (Å²) in [7, 11) is 0. The van der Waals surface area contributed by atoms with E-state index in [1.54, 1.807) is 0 Å². The van der Waals surface area contributed by atoms with Crippen molar-refractivity contribution in [3.63, 3.8) is 0 Å². The summed E-state index contributed by atoms with van der Waals surface area (Å²) in [6.45, 7) is 6.64. The zero-order valence-electron chi connectivity index (χ0n) is 11.3. The molecule has 0 spiro atoms. The number of morpholine rings is 1. The lowest BCUT2D eigenvalue weighted by molar-refractivity contribution is -0.0424. The van der Waals surface area contributed by atoms with Crippen LogP contribution in [-0.2, 0) is 9.47 Å². The topological polar surface area (TPSA) is 33.7 Å². The van der Waals surface area contributed by atoms with E-state index in [0.29, 0.717) is 18.3 Å². The number of piperidine rings is 1. The Bertz CT molecular complexity index is 244. The maximum atomic E-state index is 5.95. The third kappa shape index (κ3) is 3.44. The molecule has 2 atom stereocenters. The highest BCUT2D eigenvalue weighted by Gasteiger charge is 2.33. The van der Waals surface area contributed by atoms with Crippen LogP contribution in [0.1, 0.15) is 32.1 Å². The van der Waals surface area contributed by atoms with Crippen molar-refractivity contribution in [2.24, 2.45) is 0 Å². The van der Waals surface area contributed by atoms with Gasteiger partial charge in [-0.05, 0) is 45.2 Å². The number of hydrogen-bond acceptors (Lipinski definition) is 4. The second kappa shape index (κ2) is 6.33. The molecule has 3 aliphatic rings. The Kier molecular flexibility index (Phi) is 4.52. The molecule has 18 heavy (non-hydrogen) atoms. The fourth-order valence-corrected chi connectivity index (χ4v) is 3.38. The van der Waals surface area contributed by atoms with Crippen molar-refractivity contribution in [3.8, 4) is 0 Å². The predicted octanol–water partition coefficient (Wildman–Crippen LogP) is 1.01. The summed E-state index contributed by atoms with van der Waals surface area (Å²) < 4.78 is 11.8. The van der Waals surface area contributed by atoms with E-state index in [-0.39, 0.29) is 0 Å². The Morgan fingerprint density at radius 2 is 1.78 bits per heavy atom. The molecule has 2 unspecified atom stereocenters. The van der Waals surface area contributed by atoms with Gasteiger partial charge in [-0.3, -0.25) is 4.90 Å². The van der Waals surface area contributed by atoms with E-state index >= 15 is 0 Å². The maximum absolute atomic E-state index is 5.95. The first-order chi connectivity index (χ1) is 8.90. The summed E-state index contributed by atoms with van der Waals surface area (Å²) in [5, 5.41) is 3.37. The van der Waals surface area contributed by atoms with Gasteiger partial charge in [-0.1, -0.05) is 0 Å². The molecule has 3 fully saturated rings. The molecule has 0 amide bonds. The summed E-state index contributed by atoms with van der Waals surface area (Å²) in [5.74, 6) is 0. The molecule has 0 radical (unpaired) electrons. The fraction of sp³-hybridized carbons (Fsp3) is 1.00. The molecule has 4 heteroatoms. The summed E-state index contributed by atoms with van der Waals surface area (Å²) in [4.78, 5) is 2.57. The van der Waals surface area contributed by atoms with Gasteiger partial charge in [-0.25, -0.2) is 0 Å². The van der Waals surface area contributed by atoms with Gasteiger partial charge >= 0.3 is 0 Å². The van der Waals surface area contributed by atoms with Crippen LogP contribution in [0.3, 0.4) is 0 Å². The van der Waals surface area contributed by atoms with Crippen LogP contribution in [0.2, 0.25) is 0 Å². The van der Waals surface area contributed by atoms with Crippen molar-refractivity contribution in [3.05, 3.63) is 0 Å². The lowest BCUT2D eigenvalue weighted by Gasteiger charge is -2.32. The van der Waals surface area contributed by atoms with E-state index in [4.69, 9.17) is 9.47 Å². The van der Waals surface area contributed by atoms with Gasteiger partial charge in [-0.15, -0.1) is 0 Å². The zero-order chi connectivity index (χ0) is 12.2. The quantitative estimate of drug-likeness (QED) is 0.742. The number of hydrogen-bond donors (Lipinski definition) is 1. The van der Waals surface area contributed by atoms with Crippen LogP contribution in [0.25, 0.3) is 0 Å². The van der Waals surface area contributed by atoms with Crippen LogP contribution in [0, 0.1) is 0 Å². The smallest absolute Gasteiger partial charge is 0.0707 e. The van der Waals surface area contributed by atoms with E-state index in [1.807, 2.05) is 0 Å². The van der Waals surface area contributed by atoms with Crippen LogP contribution in [0.5, 0.6) is 0 Å². The molecule has 104 valence electrons. The lowest BCUT2D eigenvalue weighted by Crippen LogP contribution is -2.43. The standard InChI is InChI=1S/C14H26N2O2/c1(9-17-12-4-6-15-7-5-12)8-16-10-13-2-3-14(11-16)18-13/h12-15H,1-11H2. The monoisotopic (exact) mass is 254 g/mol. The number of likely N-dealkylation sites (tertiary alicyclic amines) is 1. The van der Waals surface area contributed by atoms with Crippen LogP contribution in [0.15, 0.2) is 0 Å². The summed E-state index contributed by atoms with van der Waals surface area (Å²) in [5.41, 5.74) is 0. The first-order valence-electron chi connectivity index (χ1n) is 7.60. The first kappa shape index (κ1) is 12.9. The molecule has 4 nitrogen and oxygen atoms in total. The molecule has 3 aliphatic heterocycles. The molecule has 3 saturated heterocycles. The van der Waals surface area contributed by atoms with Crippen molar-refractivity contribution in [2.45, 2.75) is 50.4 Å². The SMILES string of the molecule is C(COC1CCNCC1)CN1CC2CCC(C1)O2. The Hall–Kier alpha value is -0.160. The number of fused-ring (bicyclic) bond motifs is 2. The van der Waals surface area contributed by atoms with Crippen molar-refractivity contribution < 1.29 is 9.47 Å². The largest absolute Gasteiger partial charge is 0.378 e. The van der Waals surface area contributed by atoms with Crippen molar-refractivity contribution in [1.82, 2.24) is 10.2 Å². The van der Waals surface area contributed by atoms with E-state index in [1.165, 1.54) is 38.6 Å². The second-order valence-electron chi connectivity index (χ2n) is 5.89. The summed E-state index contributed by atoms with van der Waals surface area (Å²) in [6, 6.07) is 0. The van der Waals surface area contributed by atoms with E-state index in [2.05, 4.69) is 10.2 Å². The van der Waals surface area contributed by atoms with Gasteiger partial charge in [0.1, 0.15) is 0 Å². The first-order valence-corrected chi connectivity index (χ1v) is 7.60. The van der Waals surface area contributed by atoms with E-state index in [0.717, 1.165) is 32.8 Å². The van der Waals surface area contributed by atoms with Crippen LogP contribution < -0.4 is 5.32 Å². The van der Waals surface area contributed by atoms with Gasteiger partial charge in [-0.2, -0.15) is 0 Å². The molecule has 0 saturated carbocycles. The maximum Gasteiger partial charge on any atom is 0.0707 e. The molecular formula is C14H26N2O2. The van der Waals surface area contributed by atoms with Crippen molar-refractivity contribution in [2.75, 3.05) is 39.3 Å². The lowest BCUT2D eigenvalue weighted by atomic mass is 10.1. The van der Waals surface area contributed by atoms with Gasteiger partial charge in [0.2, 0.25) is 0 Å². The van der Waals surface area contributed by atoms with Crippen LogP contribution in [-0.4, -0.2) is 62.5 Å². The normalized spacial score (nSPS) is 34.0. The van der Waals surface area contributed by atoms with E-state index in [9.17, 15) is 0 Å². The van der Waals surface area contributed by atoms with Gasteiger partial charge in [0.05, 0.1) is 18.3 Å². The fourth-order valence-electron chi connectivity index (χ4n) is 3.38. The Morgan fingerprint density at radius 1 is 1.06 bits per heavy atom. The minimum atomic E-state index is 0.507. The molecule has 3 heterocycles. The highest BCUT2D eigenvalue weighted by Crippen LogP contribution is 2.26. The van der Waals surface area contributed by atoms with Gasteiger partial charge in [0.15, 0.2) is 0 Å². The second-order valence-corrected chi connectivity index (χ2v) is 5.89. The number of ether oxygens (including phenoxy) is 2. The van der Waals surface area contributed by atoms with E-state index < -0.39 is 0 Å². The number of nitrogens with one attached hydrogen (secondary N) is 1. The summed E-state index contributed by atoms with van der Waals surface area (Å²) >= 11 is 0. The number of nitrogens with zero attached hydrogens (tertiary/aromatic N) is 1. The van der Waals surface area contributed by atoms with Gasteiger partial charge in [0, 0.05) is 26.2 Å². The third-order valence-electron chi connectivity index (χ3n) is 4.38. The van der Waals surface area contributed by atoms with Gasteiger partial charge < -0.3 is 14.8 Å².